The normalized spacial score (nSPS) is 32.7. The first-order valence-electron chi connectivity index (χ1n) is 50.9. The van der Waals surface area contributed by atoms with Crippen LogP contribution in [-0.4, -0.2) is 161 Å². The Morgan fingerprint density at radius 3 is 0.846 bits per heavy atom. The highest BCUT2D eigenvalue weighted by Crippen LogP contribution is 2.80. The number of Topliss-reactive ketones (excluding diaryl/α,β-unsaturated/α-hetero) is 3. The van der Waals surface area contributed by atoms with Gasteiger partial charge in [-0.25, -0.2) is 25.0 Å². The van der Waals surface area contributed by atoms with Crippen LogP contribution in [0.2, 0.25) is 0 Å². The van der Waals surface area contributed by atoms with Crippen LogP contribution < -0.4 is 0 Å². The maximum absolute atomic E-state index is 11.5. The molecule has 4 spiro atoms. The van der Waals surface area contributed by atoms with Crippen molar-refractivity contribution in [3.05, 3.63) is 185 Å². The summed E-state index contributed by atoms with van der Waals surface area (Å²) in [5.41, 5.74) is 30.2. The van der Waals surface area contributed by atoms with E-state index in [1.807, 2.05) is 12.2 Å². The van der Waals surface area contributed by atoms with E-state index in [1.165, 1.54) is 218 Å². The molecule has 12 fully saturated rings. The third-order valence-corrected chi connectivity index (χ3v) is 37.6. The van der Waals surface area contributed by atoms with Gasteiger partial charge >= 0.3 is 0 Å². The van der Waals surface area contributed by atoms with Gasteiger partial charge in [0.2, 0.25) is 0 Å². The van der Waals surface area contributed by atoms with Gasteiger partial charge in [-0.3, -0.25) is 55.2 Å². The lowest BCUT2D eigenvalue weighted by atomic mass is 9.80. The highest BCUT2D eigenvalue weighted by atomic mass is 16.1. The fourth-order valence-corrected chi connectivity index (χ4v) is 31.4. The topological polar surface area (TPSA) is 466 Å². The second-order valence-corrected chi connectivity index (χ2v) is 43.5. The maximum atomic E-state index is 11.5. The van der Waals surface area contributed by atoms with Gasteiger partial charge in [-0.15, -0.1) is 38.7 Å². The van der Waals surface area contributed by atoms with Crippen LogP contribution in [0.15, 0.2) is 126 Å². The number of H-pyrrole nitrogens is 8. The second kappa shape index (κ2) is 32.3. The Morgan fingerprint density at radius 1 is 0.309 bits per heavy atom. The largest absolute Gasteiger partial charge is 0.293 e. The second-order valence-electron chi connectivity index (χ2n) is 43.5. The van der Waals surface area contributed by atoms with Gasteiger partial charge in [0.25, 0.3) is 0 Å². The minimum absolute atomic E-state index is 0.0778. The zero-order valence-electron chi connectivity index (χ0n) is 78.3. The number of ketones is 3. The molecule has 20 aliphatic carbocycles. The van der Waals surface area contributed by atoms with Crippen LogP contribution in [-0.2, 0) is 51.4 Å². The molecule has 0 bridgehead atoms. The molecular formula is C102H119N31O3. The van der Waals surface area contributed by atoms with Crippen LogP contribution in [0, 0.1) is 92.7 Å². The lowest BCUT2D eigenvalue weighted by molar-refractivity contribution is 0.0999. The lowest BCUT2D eigenvalue weighted by Crippen LogP contribution is -2.14. The van der Waals surface area contributed by atoms with E-state index in [9.17, 15) is 14.4 Å². The number of aliphatic imine (C=N–C) groups is 5. The zero-order chi connectivity index (χ0) is 91.5. The first kappa shape index (κ1) is 84.5. The molecule has 25 aliphatic rings. The number of hydrogen-bond donors (Lipinski definition) is 8. The standard InChI is InChI=1S/C14H17N5.C14H18N2O.C13H15N5.C13H16N2O.3C12H13N5.C12H14N2O/c1-2-4-14(5-3-1)9-6-8-11(10(9)14)17-18-12(8)13-15-7-16-19-13;1-8(17)12-9-7-10-11(13(9)16-15-12)14(10)5-3-2-4-6-14;1-2-4-13(3-1)8-5-7-10(9(8)13)16-17-11(7)12-14-6-15-18-12;1-7(16)11-8-6-9-10(12(8)15-14-11)13(9)4-2-3-5-13;3*1-2-3-6-7-4-8-10(9(6)7)15-16-11(8)12-13-5-14-17-12;1-3-4-7-8-5-9-11(6(2)15)13-14-12(9)10(7)8/h9-10H,1-7H2,(H,17,18);10-11H,2-7H2,1H3,(H,15,16);8-9H,1-6H2,(H,16,17);9-10H,2-6H2,1H3,(H,14,15);2*2-3,6-7,9H,4-5H2,1H3,(H,15,16);2,6-7,9H,1,3-5H2,(H,15,16);3,7-8,10H,1,4-5H2,2H3,(H,13,14)/b;;;;3-2+;3-2-;;. The van der Waals surface area contributed by atoms with E-state index >= 15 is 0 Å². The SMILES string of the molecule is C/C=C/C1C2Cc3c(C4=NCN=N4)n[nH]c3C12.C/C=C\C1C2Cc3c(C4=NCN=N4)n[nH]c3C12.C1CCC2(C1)C1Cc3c(C4=NCN=N4)n[nH]c3C12.C1CCC2(CC1)C1Cc3c(C4=NCN=N4)n[nH]c3C12.C=CCC1C2Cc3c(C(C)=O)n[nH]c3C12.C=CCC1C2Cc3c(C4=NCN=N4)n[nH]c3C12.CC(=O)c1n[nH]c2c1CC1C2C12CCCC2.CC(=O)c1n[nH]c2c1CC1C2C12CCCCC2. The van der Waals surface area contributed by atoms with Crippen LogP contribution in [0.25, 0.3) is 0 Å². The molecule has 0 amide bonds. The van der Waals surface area contributed by atoms with Crippen LogP contribution in [0.1, 0.15) is 360 Å². The predicted molar refractivity (Wildman–Crippen MR) is 506 cm³/mol. The van der Waals surface area contributed by atoms with Gasteiger partial charge in [-0.2, -0.15) is 66.4 Å². The fraction of sp³-hybridized carbons (Fsp3) is 0.608. The van der Waals surface area contributed by atoms with E-state index in [2.05, 4.69) is 209 Å². The third kappa shape index (κ3) is 13.1. The van der Waals surface area contributed by atoms with E-state index in [0.717, 1.165) is 163 Å². The minimum Gasteiger partial charge on any atom is -0.293 e. The van der Waals surface area contributed by atoms with Crippen molar-refractivity contribution in [1.82, 2.24) is 81.6 Å². The zero-order valence-corrected chi connectivity index (χ0v) is 78.3. The van der Waals surface area contributed by atoms with Crippen molar-refractivity contribution >= 4 is 46.5 Å². The number of carbonyl (C=O) groups excluding carboxylic acids is 3. The molecule has 700 valence electrons. The monoisotopic (exact) mass is 1830 g/mol. The molecule has 5 aliphatic heterocycles. The first-order chi connectivity index (χ1) is 66.7. The average Bonchev–Trinajstić information content (AvgIpc) is 1.50. The van der Waals surface area contributed by atoms with Crippen LogP contribution in [0.5, 0.6) is 0 Å². The van der Waals surface area contributed by atoms with Gasteiger partial charge in [-0.05, 0) is 222 Å². The number of allylic oxidation sites excluding steroid dienone is 6. The molecular weight excluding hydrogens is 1710 g/mol. The summed E-state index contributed by atoms with van der Waals surface area (Å²) in [6.07, 6.45) is 49.5. The molecule has 8 aromatic rings. The van der Waals surface area contributed by atoms with Crippen molar-refractivity contribution in [1.29, 1.82) is 0 Å². The van der Waals surface area contributed by atoms with Crippen molar-refractivity contribution in [2.45, 2.75) is 262 Å². The number of nitrogens with one attached hydrogen (secondary N) is 8. The molecule has 33 rings (SSSR count). The Kier molecular flexibility index (Phi) is 20.1. The fourth-order valence-electron chi connectivity index (χ4n) is 31.4. The summed E-state index contributed by atoms with van der Waals surface area (Å²) in [7, 11) is 0. The number of aromatic nitrogens is 16. The van der Waals surface area contributed by atoms with Crippen LogP contribution in [0.3, 0.4) is 0 Å². The summed E-state index contributed by atoms with van der Waals surface area (Å²) >= 11 is 0. The highest BCUT2D eigenvalue weighted by Gasteiger charge is 2.73. The smallest absolute Gasteiger partial charge is 0.199 e. The van der Waals surface area contributed by atoms with E-state index in [-0.39, 0.29) is 17.3 Å². The van der Waals surface area contributed by atoms with Gasteiger partial charge in [-0.1, -0.05) is 101 Å². The molecule has 13 heterocycles. The molecule has 8 aromatic heterocycles. The molecule has 20 unspecified atom stereocenters. The maximum Gasteiger partial charge on any atom is 0.199 e. The summed E-state index contributed by atoms with van der Waals surface area (Å²) in [5, 5.41) is 99.7. The Bertz CT molecular complexity index is 6560. The Labute approximate surface area is 787 Å². The van der Waals surface area contributed by atoms with E-state index < -0.39 is 0 Å². The van der Waals surface area contributed by atoms with E-state index in [4.69, 9.17) is 0 Å². The quantitative estimate of drug-likeness (QED) is 0.0373. The Balaban J connectivity index is 0.0000000807. The van der Waals surface area contributed by atoms with E-state index in [0.29, 0.717) is 137 Å². The number of azo groups is 5. The van der Waals surface area contributed by atoms with Crippen molar-refractivity contribution in [2.75, 3.05) is 33.3 Å². The molecule has 20 atom stereocenters. The van der Waals surface area contributed by atoms with Gasteiger partial charge in [0.05, 0.1) is 0 Å². The number of fused-ring (bicyclic) bond motifs is 32. The molecule has 34 nitrogen and oxygen atoms in total. The van der Waals surface area contributed by atoms with Crippen molar-refractivity contribution in [2.24, 2.45) is 169 Å². The summed E-state index contributed by atoms with van der Waals surface area (Å²) in [5.74, 6) is 18.8. The number of carbonyl (C=O) groups is 3. The van der Waals surface area contributed by atoms with Crippen molar-refractivity contribution in [3.63, 3.8) is 0 Å². The number of rotatable bonds is 14. The Hall–Kier alpha value is -12.0. The Morgan fingerprint density at radius 2 is 0.551 bits per heavy atom. The minimum atomic E-state index is 0.0778. The molecule has 0 radical (unpaired) electrons. The molecule has 8 N–H and O–H groups in total. The van der Waals surface area contributed by atoms with E-state index in [1.54, 1.807) is 20.8 Å². The molecule has 136 heavy (non-hydrogen) atoms. The summed E-state index contributed by atoms with van der Waals surface area (Å²) < 4.78 is 0. The van der Waals surface area contributed by atoms with Gasteiger partial charge in [0.15, 0.2) is 79.9 Å². The molecule has 0 aromatic carbocycles. The summed E-state index contributed by atoms with van der Waals surface area (Å²) in [4.78, 5) is 55.5. The van der Waals surface area contributed by atoms with Gasteiger partial charge < -0.3 is 0 Å². The van der Waals surface area contributed by atoms with Crippen LogP contribution >= 0.6 is 0 Å². The van der Waals surface area contributed by atoms with Crippen LogP contribution in [0.4, 0.5) is 0 Å². The molecule has 0 saturated heterocycles. The summed E-state index contributed by atoms with van der Waals surface area (Å²) in [6.45, 7) is 18.9. The number of aromatic amines is 8. The van der Waals surface area contributed by atoms with Gasteiger partial charge in [0, 0.05) is 158 Å². The molecule has 34 heteroatoms. The first-order valence-corrected chi connectivity index (χ1v) is 50.9. The van der Waals surface area contributed by atoms with Crippen molar-refractivity contribution in [3.8, 4) is 0 Å². The predicted octanol–water partition coefficient (Wildman–Crippen LogP) is 18.7. The summed E-state index contributed by atoms with van der Waals surface area (Å²) in [6, 6.07) is 0. The highest BCUT2D eigenvalue weighted by molar-refractivity contribution is 6.03. The number of nitrogens with zero attached hydrogens (tertiary/aromatic N) is 23. The number of amidine groups is 5. The van der Waals surface area contributed by atoms with Gasteiger partial charge in [0.1, 0.15) is 45.6 Å². The van der Waals surface area contributed by atoms with Crippen molar-refractivity contribution < 1.29 is 14.4 Å². The molecule has 12 saturated carbocycles. The third-order valence-electron chi connectivity index (χ3n) is 37.6. The average molecular weight is 1830 g/mol. The number of hydrogen-bond acceptors (Lipinski definition) is 26. The lowest BCUT2D eigenvalue weighted by Gasteiger charge is -2.25.